The van der Waals surface area contributed by atoms with Gasteiger partial charge < -0.3 is 0 Å². The van der Waals surface area contributed by atoms with Crippen LogP contribution in [0.5, 0.6) is 0 Å². The number of fused-ring (bicyclic) bond motifs is 1. The fourth-order valence-corrected chi connectivity index (χ4v) is 3.32. The Balaban J connectivity index is 1.54. The lowest BCUT2D eigenvalue weighted by molar-refractivity contribution is 0.243. The molecule has 3 aromatic rings. The van der Waals surface area contributed by atoms with Gasteiger partial charge in [-0.15, -0.1) is 11.3 Å². The molecule has 0 aliphatic carbocycles. The Kier molecular flexibility index (Phi) is 3.25. The molecular weight excluding hydrogens is 282 g/mol. The zero-order chi connectivity index (χ0) is 14.1. The van der Waals surface area contributed by atoms with Crippen molar-refractivity contribution in [1.29, 1.82) is 0 Å². The molecule has 6 heteroatoms. The molecule has 0 amide bonds. The summed E-state index contributed by atoms with van der Waals surface area (Å²) in [6.45, 7) is 2.85. The zero-order valence-corrected chi connectivity index (χ0v) is 12.3. The molecule has 0 saturated carbocycles. The van der Waals surface area contributed by atoms with E-state index in [0.717, 1.165) is 36.8 Å². The molecule has 3 aromatic heterocycles. The summed E-state index contributed by atoms with van der Waals surface area (Å²) in [7, 11) is 0. The predicted molar refractivity (Wildman–Crippen MR) is 81.8 cm³/mol. The monoisotopic (exact) mass is 297 g/mol. The van der Waals surface area contributed by atoms with E-state index in [2.05, 4.69) is 31.5 Å². The van der Waals surface area contributed by atoms with Crippen LogP contribution in [-0.2, 0) is 19.5 Å². The third-order valence-electron chi connectivity index (χ3n) is 3.72. The smallest absolute Gasteiger partial charge is 0.169 e. The number of hydrogen-bond acceptors (Lipinski definition) is 5. The van der Waals surface area contributed by atoms with Crippen molar-refractivity contribution in [2.75, 3.05) is 6.54 Å². The van der Waals surface area contributed by atoms with E-state index >= 15 is 0 Å². The minimum absolute atomic E-state index is 0.854. The second-order valence-corrected chi connectivity index (χ2v) is 6.16. The molecule has 4 rings (SSSR count). The summed E-state index contributed by atoms with van der Waals surface area (Å²) in [6, 6.07) is 4.11. The van der Waals surface area contributed by atoms with Crippen LogP contribution < -0.4 is 0 Å². The molecule has 1 N–H and O–H groups in total. The van der Waals surface area contributed by atoms with Gasteiger partial charge in [0.25, 0.3) is 0 Å². The van der Waals surface area contributed by atoms with Gasteiger partial charge in [0.05, 0.1) is 16.8 Å². The Morgan fingerprint density at radius 1 is 1.33 bits per heavy atom. The lowest BCUT2D eigenvalue weighted by atomic mass is 10.1. The van der Waals surface area contributed by atoms with E-state index in [9.17, 15) is 0 Å². The Morgan fingerprint density at radius 3 is 3.14 bits per heavy atom. The molecule has 4 heterocycles. The first-order chi connectivity index (χ1) is 10.4. The summed E-state index contributed by atoms with van der Waals surface area (Å²) >= 11 is 1.68. The minimum atomic E-state index is 0.854. The van der Waals surface area contributed by atoms with Gasteiger partial charge in [0.1, 0.15) is 0 Å². The van der Waals surface area contributed by atoms with Crippen LogP contribution in [0.15, 0.2) is 36.1 Å². The first-order valence-corrected chi connectivity index (χ1v) is 7.85. The highest BCUT2D eigenvalue weighted by molar-refractivity contribution is 7.13. The average molecular weight is 297 g/mol. The topological polar surface area (TPSA) is 57.7 Å². The van der Waals surface area contributed by atoms with Crippen LogP contribution >= 0.6 is 11.3 Å². The molecule has 0 bridgehead atoms. The van der Waals surface area contributed by atoms with Gasteiger partial charge in [0.2, 0.25) is 0 Å². The fraction of sp³-hybridized carbons (Fsp3) is 0.267. The van der Waals surface area contributed by atoms with Gasteiger partial charge in [-0.25, -0.2) is 9.97 Å². The molecule has 5 nitrogen and oxygen atoms in total. The minimum Gasteiger partial charge on any atom is -0.294 e. The third-order valence-corrected chi connectivity index (χ3v) is 4.58. The molecule has 0 spiro atoms. The number of rotatable bonds is 3. The lowest BCUT2D eigenvalue weighted by Gasteiger charge is -2.27. The van der Waals surface area contributed by atoms with E-state index in [1.165, 1.54) is 16.8 Å². The normalized spacial score (nSPS) is 15.0. The second kappa shape index (κ2) is 5.38. The van der Waals surface area contributed by atoms with Gasteiger partial charge in [-0.05, 0) is 11.4 Å². The standard InChI is InChI=1S/C15H15N5S/c1-2-14(21-5-1)15-16-8-12-10-20(4-3-13(12)19-15)9-11-6-17-18-7-11/h1-2,5-8H,3-4,9-10H2,(H,17,18). The second-order valence-electron chi connectivity index (χ2n) is 5.21. The Hall–Kier alpha value is -2.05. The van der Waals surface area contributed by atoms with Crippen LogP contribution in [0.25, 0.3) is 10.7 Å². The van der Waals surface area contributed by atoms with Crippen molar-refractivity contribution in [3.05, 3.63) is 52.9 Å². The SMILES string of the molecule is c1csc(-c2ncc3c(n2)CCN(Cc2cn[nH]c2)C3)c1. The van der Waals surface area contributed by atoms with Gasteiger partial charge in [0.15, 0.2) is 5.82 Å². The van der Waals surface area contributed by atoms with E-state index in [1.807, 2.05) is 24.7 Å². The van der Waals surface area contributed by atoms with Gasteiger partial charge in [-0.2, -0.15) is 5.10 Å². The Morgan fingerprint density at radius 2 is 2.33 bits per heavy atom. The van der Waals surface area contributed by atoms with E-state index in [-0.39, 0.29) is 0 Å². The predicted octanol–water partition coefficient (Wildman–Crippen LogP) is 2.49. The Labute approximate surface area is 126 Å². The first-order valence-electron chi connectivity index (χ1n) is 6.97. The molecule has 0 fully saturated rings. The van der Waals surface area contributed by atoms with Crippen molar-refractivity contribution >= 4 is 11.3 Å². The quantitative estimate of drug-likeness (QED) is 0.807. The van der Waals surface area contributed by atoms with Gasteiger partial charge >= 0.3 is 0 Å². The van der Waals surface area contributed by atoms with Crippen LogP contribution in [0, 0.1) is 0 Å². The number of aromatic nitrogens is 4. The Bertz CT molecular complexity index is 721. The molecule has 0 unspecified atom stereocenters. The van der Waals surface area contributed by atoms with Crippen LogP contribution in [0.1, 0.15) is 16.8 Å². The van der Waals surface area contributed by atoms with Crippen molar-refractivity contribution < 1.29 is 0 Å². The summed E-state index contributed by atoms with van der Waals surface area (Å²) in [4.78, 5) is 12.8. The van der Waals surface area contributed by atoms with Crippen molar-refractivity contribution in [3.63, 3.8) is 0 Å². The summed E-state index contributed by atoms with van der Waals surface area (Å²) in [6.07, 6.45) is 6.80. The number of hydrogen-bond donors (Lipinski definition) is 1. The number of thiophene rings is 1. The molecule has 0 radical (unpaired) electrons. The number of nitrogens with one attached hydrogen (secondary N) is 1. The fourth-order valence-electron chi connectivity index (χ4n) is 2.66. The number of H-pyrrole nitrogens is 1. The highest BCUT2D eigenvalue weighted by Gasteiger charge is 2.19. The van der Waals surface area contributed by atoms with E-state index in [4.69, 9.17) is 4.98 Å². The van der Waals surface area contributed by atoms with Crippen molar-refractivity contribution in [1.82, 2.24) is 25.1 Å². The van der Waals surface area contributed by atoms with Gasteiger partial charge in [0, 0.05) is 49.6 Å². The first kappa shape index (κ1) is 12.7. The van der Waals surface area contributed by atoms with Crippen molar-refractivity contribution in [2.45, 2.75) is 19.5 Å². The van der Waals surface area contributed by atoms with Crippen LogP contribution in [0.4, 0.5) is 0 Å². The van der Waals surface area contributed by atoms with Crippen LogP contribution in [-0.4, -0.2) is 31.6 Å². The largest absolute Gasteiger partial charge is 0.294 e. The summed E-state index contributed by atoms with van der Waals surface area (Å²) in [5, 5.41) is 8.92. The molecular formula is C15H15N5S. The average Bonchev–Trinajstić information content (AvgIpc) is 3.20. The molecule has 1 aliphatic rings. The third kappa shape index (κ3) is 2.59. The molecule has 21 heavy (non-hydrogen) atoms. The lowest BCUT2D eigenvalue weighted by Crippen LogP contribution is -2.30. The van der Waals surface area contributed by atoms with Gasteiger partial charge in [-0.1, -0.05) is 6.07 Å². The molecule has 1 aliphatic heterocycles. The molecule has 0 saturated heterocycles. The summed E-state index contributed by atoms with van der Waals surface area (Å²) in [5.74, 6) is 0.854. The van der Waals surface area contributed by atoms with E-state index in [0.29, 0.717) is 0 Å². The number of nitrogens with zero attached hydrogens (tertiary/aromatic N) is 4. The molecule has 0 atom stereocenters. The molecule has 0 aromatic carbocycles. The maximum Gasteiger partial charge on any atom is 0.169 e. The number of aromatic amines is 1. The zero-order valence-electron chi connectivity index (χ0n) is 11.5. The summed E-state index contributed by atoms with van der Waals surface area (Å²) < 4.78 is 0. The van der Waals surface area contributed by atoms with Crippen LogP contribution in [0.2, 0.25) is 0 Å². The van der Waals surface area contributed by atoms with Gasteiger partial charge in [-0.3, -0.25) is 10.00 Å². The maximum absolute atomic E-state index is 4.74. The van der Waals surface area contributed by atoms with Crippen molar-refractivity contribution in [3.8, 4) is 10.7 Å². The highest BCUT2D eigenvalue weighted by Crippen LogP contribution is 2.24. The van der Waals surface area contributed by atoms with Crippen molar-refractivity contribution in [2.24, 2.45) is 0 Å². The highest BCUT2D eigenvalue weighted by atomic mass is 32.1. The van der Waals surface area contributed by atoms with E-state index in [1.54, 1.807) is 11.3 Å². The maximum atomic E-state index is 4.74. The summed E-state index contributed by atoms with van der Waals surface area (Å²) in [5.41, 5.74) is 3.65. The van der Waals surface area contributed by atoms with Crippen LogP contribution in [0.3, 0.4) is 0 Å². The van der Waals surface area contributed by atoms with E-state index < -0.39 is 0 Å². The molecule has 106 valence electrons.